The molecule has 0 aliphatic carbocycles. The average Bonchev–Trinajstić information content (AvgIpc) is 2.92. The van der Waals surface area contributed by atoms with Crippen molar-refractivity contribution in [2.75, 3.05) is 26.2 Å². The topological polar surface area (TPSA) is 15.3 Å². The summed E-state index contributed by atoms with van der Waals surface area (Å²) in [5.41, 5.74) is 1.12. The number of thiophene rings is 1. The molecule has 18 heavy (non-hydrogen) atoms. The van der Waals surface area contributed by atoms with E-state index in [0.717, 1.165) is 33.2 Å². The van der Waals surface area contributed by atoms with Crippen molar-refractivity contribution in [1.29, 1.82) is 0 Å². The molecule has 0 saturated carbocycles. The molecule has 1 fully saturated rings. The molecule has 1 aromatic heterocycles. The molecule has 1 aromatic rings. The van der Waals surface area contributed by atoms with Gasteiger partial charge in [-0.3, -0.25) is 0 Å². The lowest BCUT2D eigenvalue weighted by Gasteiger charge is -2.17. The van der Waals surface area contributed by atoms with Gasteiger partial charge in [0, 0.05) is 12.6 Å². The molecule has 2 unspecified atom stereocenters. The minimum atomic E-state index is 0.275. The predicted octanol–water partition coefficient (Wildman–Crippen LogP) is 4.05. The first-order valence-electron chi connectivity index (χ1n) is 6.50. The van der Waals surface area contributed by atoms with Gasteiger partial charge in [0.25, 0.3) is 0 Å². The Morgan fingerprint density at radius 1 is 1.56 bits per heavy atom. The van der Waals surface area contributed by atoms with Crippen molar-refractivity contribution in [3.8, 4) is 0 Å². The van der Waals surface area contributed by atoms with Crippen LogP contribution in [0.25, 0.3) is 0 Å². The Kier molecular flexibility index (Phi) is 5.34. The molecular weight excluding hydrogens is 287 g/mol. The highest BCUT2D eigenvalue weighted by atomic mass is 35.5. The van der Waals surface area contributed by atoms with E-state index in [9.17, 15) is 0 Å². The molecule has 0 bridgehead atoms. The molecule has 1 saturated heterocycles. The van der Waals surface area contributed by atoms with Gasteiger partial charge in [-0.1, -0.05) is 30.1 Å². The quantitative estimate of drug-likeness (QED) is 0.883. The van der Waals surface area contributed by atoms with Gasteiger partial charge in [-0.15, -0.1) is 11.3 Å². The van der Waals surface area contributed by atoms with E-state index in [4.69, 9.17) is 23.2 Å². The van der Waals surface area contributed by atoms with Crippen LogP contribution in [0.5, 0.6) is 0 Å². The van der Waals surface area contributed by atoms with Crippen LogP contribution in [-0.4, -0.2) is 31.1 Å². The Morgan fingerprint density at radius 3 is 2.89 bits per heavy atom. The van der Waals surface area contributed by atoms with E-state index in [1.165, 1.54) is 30.8 Å². The maximum Gasteiger partial charge on any atom is 0.0991 e. The zero-order chi connectivity index (χ0) is 13.1. The van der Waals surface area contributed by atoms with Crippen LogP contribution >= 0.6 is 34.5 Å². The summed E-state index contributed by atoms with van der Waals surface area (Å²) in [4.78, 5) is 2.51. The van der Waals surface area contributed by atoms with Crippen LogP contribution < -0.4 is 5.32 Å². The lowest BCUT2D eigenvalue weighted by molar-refractivity contribution is 0.336. The number of nitrogens with one attached hydrogen (secondary N) is 1. The Labute approximate surface area is 123 Å². The summed E-state index contributed by atoms with van der Waals surface area (Å²) >= 11 is 13.6. The highest BCUT2D eigenvalue weighted by Gasteiger charge is 2.22. The Hall–Kier alpha value is 0.200. The number of hydrogen-bond acceptors (Lipinski definition) is 3. The predicted molar refractivity (Wildman–Crippen MR) is 81.0 cm³/mol. The molecular formula is C13H20Cl2N2S. The second-order valence-electron chi connectivity index (χ2n) is 4.96. The zero-order valence-electron chi connectivity index (χ0n) is 10.9. The normalized spacial score (nSPS) is 22.6. The van der Waals surface area contributed by atoms with Gasteiger partial charge in [0.05, 0.1) is 8.67 Å². The minimum absolute atomic E-state index is 0.275. The summed E-state index contributed by atoms with van der Waals surface area (Å²) in [5.74, 6) is 0.764. The number of rotatable bonds is 5. The summed E-state index contributed by atoms with van der Waals surface area (Å²) < 4.78 is 1.57. The van der Waals surface area contributed by atoms with Crippen LogP contribution in [0, 0.1) is 5.92 Å². The van der Waals surface area contributed by atoms with Crippen molar-refractivity contribution >= 4 is 34.5 Å². The second-order valence-corrected chi connectivity index (χ2v) is 7.24. The first kappa shape index (κ1) is 14.6. The van der Waals surface area contributed by atoms with Crippen LogP contribution in [0.3, 0.4) is 0 Å². The molecule has 2 atom stereocenters. The number of hydrogen-bond donors (Lipinski definition) is 1. The van der Waals surface area contributed by atoms with Crippen molar-refractivity contribution in [2.45, 2.75) is 26.3 Å². The van der Waals surface area contributed by atoms with E-state index in [1.54, 1.807) is 0 Å². The molecule has 102 valence electrons. The van der Waals surface area contributed by atoms with E-state index < -0.39 is 0 Å². The van der Waals surface area contributed by atoms with Gasteiger partial charge < -0.3 is 10.2 Å². The van der Waals surface area contributed by atoms with Crippen LogP contribution in [0.4, 0.5) is 0 Å². The third-order valence-corrected chi connectivity index (χ3v) is 5.20. The van der Waals surface area contributed by atoms with E-state index in [-0.39, 0.29) is 6.04 Å². The number of nitrogens with zero attached hydrogens (tertiary/aromatic N) is 1. The average molecular weight is 307 g/mol. The largest absolute Gasteiger partial charge is 0.310 e. The fourth-order valence-electron chi connectivity index (χ4n) is 2.47. The van der Waals surface area contributed by atoms with E-state index in [0.29, 0.717) is 0 Å². The third kappa shape index (κ3) is 3.61. The van der Waals surface area contributed by atoms with Gasteiger partial charge in [0.2, 0.25) is 0 Å². The highest BCUT2D eigenvalue weighted by molar-refractivity contribution is 7.20. The van der Waals surface area contributed by atoms with Gasteiger partial charge in [-0.05, 0) is 50.5 Å². The molecule has 2 heterocycles. The van der Waals surface area contributed by atoms with E-state index >= 15 is 0 Å². The lowest BCUT2D eigenvalue weighted by atomic mass is 10.1. The minimum Gasteiger partial charge on any atom is -0.310 e. The van der Waals surface area contributed by atoms with Gasteiger partial charge in [0.1, 0.15) is 0 Å². The number of halogens is 2. The summed E-state index contributed by atoms with van der Waals surface area (Å²) in [6, 6.07) is 2.25. The maximum absolute atomic E-state index is 6.17. The van der Waals surface area contributed by atoms with Crippen molar-refractivity contribution in [1.82, 2.24) is 10.2 Å². The fraction of sp³-hybridized carbons (Fsp3) is 0.692. The Morgan fingerprint density at radius 2 is 2.33 bits per heavy atom. The summed E-state index contributed by atoms with van der Waals surface area (Å²) in [6.45, 7) is 9.05. The molecule has 1 aliphatic rings. The Bertz CT molecular complexity index is 394. The molecule has 0 radical (unpaired) electrons. The second kappa shape index (κ2) is 6.58. The van der Waals surface area contributed by atoms with Crippen molar-refractivity contribution < 1.29 is 0 Å². The summed E-state index contributed by atoms with van der Waals surface area (Å²) in [7, 11) is 0. The molecule has 0 amide bonds. The molecule has 0 spiro atoms. The monoisotopic (exact) mass is 306 g/mol. The number of likely N-dealkylation sites (tertiary alicyclic amines) is 1. The molecule has 1 aliphatic heterocycles. The first-order valence-corrected chi connectivity index (χ1v) is 8.07. The van der Waals surface area contributed by atoms with Crippen LogP contribution in [0.2, 0.25) is 8.67 Å². The van der Waals surface area contributed by atoms with Gasteiger partial charge in [-0.25, -0.2) is 0 Å². The van der Waals surface area contributed by atoms with Gasteiger partial charge in [-0.2, -0.15) is 0 Å². The molecule has 1 N–H and O–H groups in total. The molecule has 0 aromatic carbocycles. The Balaban J connectivity index is 1.82. The van der Waals surface area contributed by atoms with E-state index in [2.05, 4.69) is 24.1 Å². The summed E-state index contributed by atoms with van der Waals surface area (Å²) in [6.07, 6.45) is 1.30. The third-order valence-electron chi connectivity index (χ3n) is 3.68. The van der Waals surface area contributed by atoms with Crippen LogP contribution in [-0.2, 0) is 0 Å². The van der Waals surface area contributed by atoms with Crippen LogP contribution in [0.15, 0.2) is 6.07 Å². The van der Waals surface area contributed by atoms with Crippen molar-refractivity contribution in [2.24, 2.45) is 5.92 Å². The van der Waals surface area contributed by atoms with Gasteiger partial charge >= 0.3 is 0 Å². The van der Waals surface area contributed by atoms with Gasteiger partial charge in [0.15, 0.2) is 0 Å². The SMILES string of the molecule is CCN1CCC(CNC(C)c2cc(Cl)sc2Cl)C1. The summed E-state index contributed by atoms with van der Waals surface area (Å²) in [5, 5.41) is 3.58. The highest BCUT2D eigenvalue weighted by Crippen LogP contribution is 2.34. The van der Waals surface area contributed by atoms with Crippen LogP contribution in [0.1, 0.15) is 31.9 Å². The molecule has 2 nitrogen and oxygen atoms in total. The first-order chi connectivity index (χ1) is 8.60. The molecule has 2 rings (SSSR count). The fourth-order valence-corrected chi connectivity index (χ4v) is 4.11. The van der Waals surface area contributed by atoms with E-state index in [1.807, 2.05) is 6.07 Å². The smallest absolute Gasteiger partial charge is 0.0991 e. The van der Waals surface area contributed by atoms with Crippen molar-refractivity contribution in [3.05, 3.63) is 20.3 Å². The van der Waals surface area contributed by atoms with Crippen molar-refractivity contribution in [3.63, 3.8) is 0 Å². The standard InChI is InChI=1S/C13H20Cl2N2S/c1-3-17-5-4-10(8-17)7-16-9(2)11-6-12(14)18-13(11)15/h6,9-10,16H,3-5,7-8H2,1-2H3. The zero-order valence-corrected chi connectivity index (χ0v) is 13.2. The lowest BCUT2D eigenvalue weighted by Crippen LogP contribution is -2.28. The maximum atomic E-state index is 6.17. The molecule has 5 heteroatoms.